The number of para-hydroxylation sites is 2. The van der Waals surface area contributed by atoms with Gasteiger partial charge in [0, 0.05) is 38.4 Å². The maximum Gasteiger partial charge on any atom is 0.242 e. The first-order valence-electron chi connectivity index (χ1n) is 9.56. The number of aromatic nitrogens is 2. The number of nitrogens with zero attached hydrogens (tertiary/aromatic N) is 3. The van der Waals surface area contributed by atoms with Crippen molar-refractivity contribution in [2.75, 3.05) is 19.6 Å². The summed E-state index contributed by atoms with van der Waals surface area (Å²) >= 11 is 0. The Labute approximate surface area is 169 Å². The summed E-state index contributed by atoms with van der Waals surface area (Å²) in [6.45, 7) is 1.23. The third kappa shape index (κ3) is 4.46. The Morgan fingerprint density at radius 2 is 2.10 bits per heavy atom. The van der Waals surface area contributed by atoms with Gasteiger partial charge in [0.25, 0.3) is 0 Å². The van der Waals surface area contributed by atoms with Crippen LogP contribution in [0.2, 0.25) is 0 Å². The summed E-state index contributed by atoms with van der Waals surface area (Å²) in [4.78, 5) is 22.8. The molecule has 0 spiro atoms. The highest BCUT2D eigenvalue weighted by Gasteiger charge is 2.28. The van der Waals surface area contributed by atoms with Crippen LogP contribution in [-0.2, 0) is 14.8 Å². The third-order valence-electron chi connectivity index (χ3n) is 5.01. The van der Waals surface area contributed by atoms with Crippen LogP contribution in [0, 0.1) is 0 Å². The molecule has 1 amide bonds. The number of piperidine rings is 1. The van der Waals surface area contributed by atoms with Crippen molar-refractivity contribution in [2.45, 2.75) is 30.1 Å². The fraction of sp³-hybridized carbons (Fsp3) is 0.350. The van der Waals surface area contributed by atoms with Gasteiger partial charge in [-0.15, -0.1) is 0 Å². The van der Waals surface area contributed by atoms with E-state index in [0.29, 0.717) is 19.0 Å². The minimum absolute atomic E-state index is 0.0418. The molecule has 1 saturated heterocycles. The van der Waals surface area contributed by atoms with E-state index >= 15 is 0 Å². The summed E-state index contributed by atoms with van der Waals surface area (Å²) in [5.74, 6) is 0.618. The molecule has 1 aliphatic heterocycles. The molecule has 1 aromatic carbocycles. The first kappa shape index (κ1) is 19.5. The molecule has 152 valence electrons. The van der Waals surface area contributed by atoms with Crippen molar-refractivity contribution >= 4 is 27.0 Å². The number of sulfonamides is 1. The van der Waals surface area contributed by atoms with Gasteiger partial charge < -0.3 is 9.32 Å². The maximum absolute atomic E-state index is 12.6. The zero-order chi connectivity index (χ0) is 20.3. The molecule has 8 nitrogen and oxygen atoms in total. The van der Waals surface area contributed by atoms with E-state index in [2.05, 4.69) is 14.7 Å². The van der Waals surface area contributed by atoms with Crippen molar-refractivity contribution in [2.24, 2.45) is 0 Å². The van der Waals surface area contributed by atoms with Crippen LogP contribution in [0.4, 0.5) is 0 Å². The van der Waals surface area contributed by atoms with Crippen LogP contribution in [0.25, 0.3) is 11.1 Å². The number of fused-ring (bicyclic) bond motifs is 1. The molecule has 0 aliphatic carbocycles. The first-order valence-corrected chi connectivity index (χ1v) is 11.0. The van der Waals surface area contributed by atoms with Gasteiger partial charge in [0.1, 0.15) is 10.4 Å². The number of hydrogen-bond acceptors (Lipinski definition) is 6. The van der Waals surface area contributed by atoms with Gasteiger partial charge >= 0.3 is 0 Å². The van der Waals surface area contributed by atoms with E-state index in [0.717, 1.165) is 23.9 Å². The average molecular weight is 414 g/mol. The minimum Gasteiger partial charge on any atom is -0.440 e. The van der Waals surface area contributed by atoms with Crippen LogP contribution >= 0.6 is 0 Å². The van der Waals surface area contributed by atoms with Crippen LogP contribution in [0.15, 0.2) is 58.1 Å². The maximum atomic E-state index is 12.6. The highest BCUT2D eigenvalue weighted by Crippen LogP contribution is 2.29. The Morgan fingerprint density at radius 1 is 1.24 bits per heavy atom. The zero-order valence-corrected chi connectivity index (χ0v) is 16.6. The quantitative estimate of drug-likeness (QED) is 0.663. The van der Waals surface area contributed by atoms with E-state index in [-0.39, 0.29) is 29.7 Å². The number of rotatable bonds is 6. The highest BCUT2D eigenvalue weighted by molar-refractivity contribution is 7.89. The number of nitrogens with one attached hydrogen (secondary N) is 1. The number of carbonyl (C=O) groups excluding carboxylic acids is 1. The molecule has 3 heterocycles. The molecule has 4 rings (SSSR count). The van der Waals surface area contributed by atoms with Crippen LogP contribution in [0.5, 0.6) is 0 Å². The normalized spacial score (nSPS) is 17.5. The average Bonchev–Trinajstić information content (AvgIpc) is 3.19. The summed E-state index contributed by atoms with van der Waals surface area (Å²) < 4.78 is 32.8. The molecule has 1 atom stereocenters. The van der Waals surface area contributed by atoms with Crippen molar-refractivity contribution in [3.63, 3.8) is 0 Å². The third-order valence-corrected chi connectivity index (χ3v) is 6.46. The van der Waals surface area contributed by atoms with Crippen molar-refractivity contribution in [3.8, 4) is 0 Å². The van der Waals surface area contributed by atoms with E-state index in [1.807, 2.05) is 24.3 Å². The summed E-state index contributed by atoms with van der Waals surface area (Å²) in [5.41, 5.74) is 1.56. The fourth-order valence-electron chi connectivity index (χ4n) is 3.51. The molecular formula is C20H22N4O4S. The summed E-state index contributed by atoms with van der Waals surface area (Å²) in [6.07, 6.45) is 4.65. The molecule has 2 aromatic heterocycles. The van der Waals surface area contributed by atoms with Crippen molar-refractivity contribution in [1.82, 2.24) is 19.6 Å². The molecule has 1 aliphatic rings. The Morgan fingerprint density at radius 3 is 2.90 bits per heavy atom. The van der Waals surface area contributed by atoms with Gasteiger partial charge in [-0.1, -0.05) is 12.1 Å². The lowest BCUT2D eigenvalue weighted by Gasteiger charge is -2.31. The Bertz CT molecular complexity index is 1060. The summed E-state index contributed by atoms with van der Waals surface area (Å²) in [7, 11) is -3.66. The molecule has 0 radical (unpaired) electrons. The minimum atomic E-state index is -3.66. The molecular weight excluding hydrogens is 392 g/mol. The number of pyridine rings is 1. The van der Waals surface area contributed by atoms with E-state index in [9.17, 15) is 13.2 Å². The van der Waals surface area contributed by atoms with E-state index in [1.165, 1.54) is 18.5 Å². The number of oxazole rings is 1. The first-order chi connectivity index (χ1) is 14.0. The second-order valence-corrected chi connectivity index (χ2v) is 8.80. The zero-order valence-electron chi connectivity index (χ0n) is 15.8. The van der Waals surface area contributed by atoms with Gasteiger partial charge in [-0.2, -0.15) is 0 Å². The number of hydrogen-bond donors (Lipinski definition) is 1. The molecule has 29 heavy (non-hydrogen) atoms. The predicted octanol–water partition coefficient (Wildman–Crippen LogP) is 2.30. The SMILES string of the molecule is O=C(CCNS(=O)(=O)c1cccnc1)N1CCC[C@H](c2nc3ccccc3o2)C1. The monoisotopic (exact) mass is 414 g/mol. The Kier molecular flexibility index (Phi) is 5.59. The van der Waals surface area contributed by atoms with Crippen molar-refractivity contribution < 1.29 is 17.6 Å². The molecule has 0 saturated carbocycles. The molecule has 9 heteroatoms. The van der Waals surface area contributed by atoms with Crippen molar-refractivity contribution in [1.29, 1.82) is 0 Å². The second kappa shape index (κ2) is 8.30. The lowest BCUT2D eigenvalue weighted by atomic mass is 9.97. The lowest BCUT2D eigenvalue weighted by molar-refractivity contribution is -0.132. The van der Waals surface area contributed by atoms with E-state index in [4.69, 9.17) is 4.42 Å². The van der Waals surface area contributed by atoms with Gasteiger partial charge in [0.2, 0.25) is 15.9 Å². The van der Waals surface area contributed by atoms with E-state index < -0.39 is 10.0 Å². The predicted molar refractivity (Wildman–Crippen MR) is 107 cm³/mol. The Hall–Kier alpha value is -2.78. The number of benzene rings is 1. The van der Waals surface area contributed by atoms with Gasteiger partial charge in [-0.25, -0.2) is 18.1 Å². The number of carbonyl (C=O) groups is 1. The molecule has 3 aromatic rings. The lowest BCUT2D eigenvalue weighted by Crippen LogP contribution is -2.40. The van der Waals surface area contributed by atoms with Gasteiger partial charge in [0.15, 0.2) is 11.5 Å². The fourth-order valence-corrected chi connectivity index (χ4v) is 4.50. The topological polar surface area (TPSA) is 105 Å². The van der Waals surface area contributed by atoms with Crippen LogP contribution in [0.1, 0.15) is 31.1 Å². The van der Waals surface area contributed by atoms with Gasteiger partial charge in [-0.3, -0.25) is 9.78 Å². The highest BCUT2D eigenvalue weighted by atomic mass is 32.2. The Balaban J connectivity index is 1.34. The molecule has 0 bridgehead atoms. The smallest absolute Gasteiger partial charge is 0.242 e. The summed E-state index contributed by atoms with van der Waals surface area (Å²) in [6, 6.07) is 10.6. The number of amides is 1. The molecule has 1 fully saturated rings. The molecule has 0 unspecified atom stereocenters. The van der Waals surface area contributed by atoms with Crippen LogP contribution in [0.3, 0.4) is 0 Å². The summed E-state index contributed by atoms with van der Waals surface area (Å²) in [5, 5.41) is 0. The van der Waals surface area contributed by atoms with Gasteiger partial charge in [0.05, 0.1) is 5.92 Å². The van der Waals surface area contributed by atoms with Crippen LogP contribution in [-0.4, -0.2) is 48.8 Å². The van der Waals surface area contributed by atoms with Crippen molar-refractivity contribution in [3.05, 3.63) is 54.7 Å². The largest absolute Gasteiger partial charge is 0.440 e. The van der Waals surface area contributed by atoms with E-state index in [1.54, 1.807) is 11.0 Å². The molecule has 1 N–H and O–H groups in total. The van der Waals surface area contributed by atoms with Crippen LogP contribution < -0.4 is 4.72 Å². The van der Waals surface area contributed by atoms with Gasteiger partial charge in [-0.05, 0) is 37.1 Å². The number of likely N-dealkylation sites (tertiary alicyclic amines) is 1. The standard InChI is InChI=1S/C20H22N4O4S/c25-19(9-11-22-29(26,27)16-6-3-10-21-13-16)24-12-4-5-15(14-24)20-23-17-7-1-2-8-18(17)28-20/h1-3,6-8,10,13,15,22H,4-5,9,11-12,14H2/t15-/m0/s1. The second-order valence-electron chi connectivity index (χ2n) is 7.04.